The van der Waals surface area contributed by atoms with Crippen molar-refractivity contribution >= 4 is 62.3 Å². The fraction of sp³-hybridized carbons (Fsp3) is 0.417. The van der Waals surface area contributed by atoms with Gasteiger partial charge in [-0.1, -0.05) is 60.8 Å². The number of benzene rings is 2. The van der Waals surface area contributed by atoms with Gasteiger partial charge in [-0.05, 0) is 55.2 Å². The van der Waals surface area contributed by atoms with Gasteiger partial charge >= 0.3 is 0 Å². The molecule has 0 saturated carbocycles. The Labute approximate surface area is 222 Å². The number of rotatable bonds is 10. The van der Waals surface area contributed by atoms with Crippen LogP contribution in [0.2, 0.25) is 15.1 Å². The first-order valence-electron chi connectivity index (χ1n) is 11.0. The first-order chi connectivity index (χ1) is 16.2. The minimum Gasteiger partial charge on any atom is -0.354 e. The highest BCUT2D eigenvalue weighted by molar-refractivity contribution is 7.92. The molecule has 2 amide bonds. The van der Waals surface area contributed by atoms with Crippen molar-refractivity contribution < 1.29 is 18.0 Å². The summed E-state index contributed by atoms with van der Waals surface area (Å²) >= 11 is 18.4. The largest absolute Gasteiger partial charge is 0.354 e. The molecule has 1 N–H and O–H groups in total. The Morgan fingerprint density at radius 2 is 1.63 bits per heavy atom. The fourth-order valence-electron chi connectivity index (χ4n) is 3.22. The average molecular weight is 563 g/mol. The Balaban J connectivity index is 2.41. The van der Waals surface area contributed by atoms with Crippen LogP contribution in [0.4, 0.5) is 5.69 Å². The second-order valence-corrected chi connectivity index (χ2v) is 11.9. The van der Waals surface area contributed by atoms with Crippen LogP contribution in [0.3, 0.4) is 0 Å². The lowest BCUT2D eigenvalue weighted by Crippen LogP contribution is -2.51. The maximum atomic E-state index is 13.5. The number of aryl methyl sites for hydroxylation is 1. The minimum absolute atomic E-state index is 0.0260. The smallest absolute Gasteiger partial charge is 0.244 e. The van der Waals surface area contributed by atoms with E-state index in [2.05, 4.69) is 5.32 Å². The summed E-state index contributed by atoms with van der Waals surface area (Å²) in [5.74, 6) is -0.695. The van der Waals surface area contributed by atoms with Gasteiger partial charge < -0.3 is 10.2 Å². The van der Waals surface area contributed by atoms with Crippen LogP contribution in [0.25, 0.3) is 0 Å². The summed E-state index contributed by atoms with van der Waals surface area (Å²) in [6, 6.07) is 8.78. The van der Waals surface area contributed by atoms with Crippen LogP contribution in [0.1, 0.15) is 31.9 Å². The molecular weight excluding hydrogens is 533 g/mol. The summed E-state index contributed by atoms with van der Waals surface area (Å²) in [4.78, 5) is 27.7. The molecule has 0 unspecified atom stereocenters. The number of sulfonamides is 1. The third-order valence-corrected chi connectivity index (χ3v) is 7.60. The molecule has 0 aliphatic carbocycles. The van der Waals surface area contributed by atoms with E-state index in [0.717, 1.165) is 16.1 Å². The Kier molecular flexibility index (Phi) is 10.3. The quantitative estimate of drug-likeness (QED) is 0.446. The summed E-state index contributed by atoms with van der Waals surface area (Å²) in [5, 5.41) is 3.86. The summed E-state index contributed by atoms with van der Waals surface area (Å²) in [7, 11) is -3.84. The van der Waals surface area contributed by atoms with Crippen molar-refractivity contribution in [3.05, 3.63) is 62.6 Å². The molecular formula is C24H30Cl3N3O4S. The predicted molar refractivity (Wildman–Crippen MR) is 143 cm³/mol. The number of carbonyl (C=O) groups is 2. The molecule has 0 saturated heterocycles. The van der Waals surface area contributed by atoms with Crippen LogP contribution < -0.4 is 9.62 Å². The molecule has 11 heteroatoms. The molecule has 2 rings (SSSR count). The van der Waals surface area contributed by atoms with Crippen molar-refractivity contribution in [2.75, 3.05) is 23.7 Å². The second kappa shape index (κ2) is 12.3. The number of nitrogens with one attached hydrogen (secondary N) is 1. The number of anilines is 1. The van der Waals surface area contributed by atoms with Crippen molar-refractivity contribution in [2.24, 2.45) is 5.92 Å². The van der Waals surface area contributed by atoms with Crippen molar-refractivity contribution in [1.29, 1.82) is 0 Å². The van der Waals surface area contributed by atoms with Gasteiger partial charge in [0.1, 0.15) is 12.6 Å². The maximum absolute atomic E-state index is 13.5. The zero-order valence-electron chi connectivity index (χ0n) is 20.3. The van der Waals surface area contributed by atoms with E-state index >= 15 is 0 Å². The molecule has 35 heavy (non-hydrogen) atoms. The standard InChI is InChI=1S/C24H30Cl3N3O4S/c1-15(2)12-28-24(32)17(4)29(13-18-7-9-20(25)22(27)10-18)23(31)14-30(35(5,33)34)19-8-6-16(3)21(26)11-19/h6-11,15,17H,12-14H2,1-5H3,(H,28,32)/t17-/m1/s1. The lowest BCUT2D eigenvalue weighted by molar-refractivity contribution is -0.139. The molecule has 2 aromatic carbocycles. The maximum Gasteiger partial charge on any atom is 0.244 e. The summed E-state index contributed by atoms with van der Waals surface area (Å²) in [6.07, 6.45) is 1.01. The Bertz CT molecular complexity index is 1190. The molecule has 1 atom stereocenters. The fourth-order valence-corrected chi connectivity index (χ4v) is 4.56. The zero-order chi connectivity index (χ0) is 26.5. The number of halogens is 3. The summed E-state index contributed by atoms with van der Waals surface area (Å²) < 4.78 is 26.2. The van der Waals surface area contributed by atoms with Crippen LogP contribution in [0, 0.1) is 12.8 Å². The van der Waals surface area contributed by atoms with E-state index in [0.29, 0.717) is 27.2 Å². The number of nitrogens with zero attached hydrogens (tertiary/aromatic N) is 2. The first kappa shape index (κ1) is 29.2. The van der Waals surface area contributed by atoms with E-state index in [4.69, 9.17) is 34.8 Å². The van der Waals surface area contributed by atoms with Crippen LogP contribution in [-0.2, 0) is 26.2 Å². The van der Waals surface area contributed by atoms with E-state index in [-0.39, 0.29) is 24.1 Å². The molecule has 0 aromatic heterocycles. The van der Waals surface area contributed by atoms with Gasteiger partial charge in [-0.2, -0.15) is 0 Å². The highest BCUT2D eigenvalue weighted by Crippen LogP contribution is 2.26. The van der Waals surface area contributed by atoms with Crippen molar-refractivity contribution in [3.63, 3.8) is 0 Å². The summed E-state index contributed by atoms with van der Waals surface area (Å²) in [5.41, 5.74) is 1.66. The third kappa shape index (κ3) is 8.27. The van der Waals surface area contributed by atoms with Gasteiger partial charge in [0.25, 0.3) is 0 Å². The van der Waals surface area contributed by atoms with E-state index < -0.39 is 28.5 Å². The number of amides is 2. The van der Waals surface area contributed by atoms with E-state index in [1.54, 1.807) is 44.2 Å². The molecule has 2 aromatic rings. The Morgan fingerprint density at radius 1 is 0.971 bits per heavy atom. The lowest BCUT2D eigenvalue weighted by Gasteiger charge is -2.31. The molecule has 0 fully saturated rings. The average Bonchev–Trinajstić information content (AvgIpc) is 2.77. The van der Waals surface area contributed by atoms with Crippen LogP contribution in [0.5, 0.6) is 0 Å². The van der Waals surface area contributed by atoms with Gasteiger partial charge in [0.2, 0.25) is 21.8 Å². The molecule has 0 heterocycles. The van der Waals surface area contributed by atoms with Gasteiger partial charge in [0.05, 0.1) is 22.0 Å². The molecule has 7 nitrogen and oxygen atoms in total. The van der Waals surface area contributed by atoms with E-state index in [1.807, 2.05) is 13.8 Å². The molecule has 192 valence electrons. The predicted octanol–water partition coefficient (Wildman–Crippen LogP) is 4.91. The highest BCUT2D eigenvalue weighted by Gasteiger charge is 2.30. The monoisotopic (exact) mass is 561 g/mol. The Morgan fingerprint density at radius 3 is 2.17 bits per heavy atom. The zero-order valence-corrected chi connectivity index (χ0v) is 23.4. The van der Waals surface area contributed by atoms with Gasteiger partial charge in [0, 0.05) is 18.1 Å². The van der Waals surface area contributed by atoms with Crippen LogP contribution in [0.15, 0.2) is 36.4 Å². The van der Waals surface area contributed by atoms with Gasteiger partial charge in [0.15, 0.2) is 0 Å². The Hall–Kier alpha value is -2.00. The normalized spacial score (nSPS) is 12.4. The van der Waals surface area contributed by atoms with Gasteiger partial charge in [-0.3, -0.25) is 13.9 Å². The lowest BCUT2D eigenvalue weighted by atomic mass is 10.1. The van der Waals surface area contributed by atoms with Gasteiger partial charge in [-0.25, -0.2) is 8.42 Å². The van der Waals surface area contributed by atoms with E-state index in [1.165, 1.54) is 11.0 Å². The SMILES string of the molecule is Cc1ccc(N(CC(=O)N(Cc2ccc(Cl)c(Cl)c2)[C@H](C)C(=O)NCC(C)C)S(C)(=O)=O)cc1Cl. The van der Waals surface area contributed by atoms with Gasteiger partial charge in [-0.15, -0.1) is 0 Å². The first-order valence-corrected chi connectivity index (χ1v) is 13.9. The second-order valence-electron chi connectivity index (χ2n) is 8.79. The minimum atomic E-state index is -3.84. The van der Waals surface area contributed by atoms with Crippen LogP contribution in [-0.4, -0.2) is 50.5 Å². The molecule has 0 aliphatic rings. The number of carbonyl (C=O) groups excluding carboxylic acids is 2. The number of hydrogen-bond acceptors (Lipinski definition) is 4. The van der Waals surface area contributed by atoms with E-state index in [9.17, 15) is 18.0 Å². The van der Waals surface area contributed by atoms with Crippen LogP contribution >= 0.6 is 34.8 Å². The van der Waals surface area contributed by atoms with Crippen molar-refractivity contribution in [1.82, 2.24) is 10.2 Å². The molecule has 0 bridgehead atoms. The third-order valence-electron chi connectivity index (χ3n) is 5.31. The molecule has 0 spiro atoms. The van der Waals surface area contributed by atoms with Crippen molar-refractivity contribution in [3.8, 4) is 0 Å². The van der Waals surface area contributed by atoms with Crippen molar-refractivity contribution in [2.45, 2.75) is 40.3 Å². The molecule has 0 radical (unpaired) electrons. The summed E-state index contributed by atoms with van der Waals surface area (Å²) in [6.45, 7) is 7.26. The molecule has 0 aliphatic heterocycles. The topological polar surface area (TPSA) is 86.8 Å². The highest BCUT2D eigenvalue weighted by atomic mass is 35.5. The number of hydrogen-bond donors (Lipinski definition) is 1.